The number of rotatable bonds is 4. The summed E-state index contributed by atoms with van der Waals surface area (Å²) in [5, 5.41) is 5.79. The summed E-state index contributed by atoms with van der Waals surface area (Å²) in [7, 11) is 0.777. The second kappa shape index (κ2) is 9.70. The van der Waals surface area contributed by atoms with Crippen LogP contribution in [0.3, 0.4) is 0 Å². The molecular formula is C28H32P2. The van der Waals surface area contributed by atoms with Gasteiger partial charge in [-0.1, -0.05) is 69.2 Å². The van der Waals surface area contributed by atoms with Crippen LogP contribution in [0.1, 0.15) is 5.56 Å². The van der Waals surface area contributed by atoms with E-state index in [2.05, 4.69) is 142 Å². The van der Waals surface area contributed by atoms with Crippen LogP contribution in [0.4, 0.5) is 0 Å². The Bertz CT molecular complexity index is 1010. The second-order valence-corrected chi connectivity index (χ2v) is 16.8. The molecule has 0 aliphatic heterocycles. The summed E-state index contributed by atoms with van der Waals surface area (Å²) >= 11 is 0. The zero-order valence-electron chi connectivity index (χ0n) is 18.4. The predicted octanol–water partition coefficient (Wildman–Crippen LogP) is 5.70. The summed E-state index contributed by atoms with van der Waals surface area (Å²) in [5.41, 5.74) is 1.40. The first kappa shape index (κ1) is 22.4. The van der Waals surface area contributed by atoms with Crippen molar-refractivity contribution in [2.45, 2.75) is 6.92 Å². The van der Waals surface area contributed by atoms with Gasteiger partial charge in [-0.05, 0) is 10.6 Å². The van der Waals surface area contributed by atoms with Crippen LogP contribution in [0.5, 0.6) is 0 Å². The van der Waals surface area contributed by atoms with Crippen molar-refractivity contribution in [1.82, 2.24) is 0 Å². The van der Waals surface area contributed by atoms with Crippen LogP contribution >= 0.6 is 15.2 Å². The van der Waals surface area contributed by atoms with Crippen molar-refractivity contribution in [3.63, 3.8) is 0 Å². The van der Waals surface area contributed by atoms with Crippen molar-refractivity contribution in [3.8, 4) is 0 Å². The van der Waals surface area contributed by atoms with Crippen molar-refractivity contribution < 1.29 is 0 Å². The fourth-order valence-electron chi connectivity index (χ4n) is 3.74. The van der Waals surface area contributed by atoms with Gasteiger partial charge in [-0.25, -0.2) is 0 Å². The van der Waals surface area contributed by atoms with Crippen molar-refractivity contribution in [2.75, 3.05) is 20.0 Å². The van der Waals surface area contributed by atoms with Gasteiger partial charge in [0.2, 0.25) is 0 Å². The van der Waals surface area contributed by atoms with Crippen LogP contribution < -0.4 is 21.2 Å². The Hall–Kier alpha value is -2.26. The van der Waals surface area contributed by atoms with Gasteiger partial charge in [0, 0.05) is 0 Å². The van der Waals surface area contributed by atoms with E-state index in [4.69, 9.17) is 0 Å². The molecule has 2 heteroatoms. The molecule has 0 aliphatic rings. The normalized spacial score (nSPS) is 12.2. The average Bonchev–Trinajstić information content (AvgIpc) is 2.76. The monoisotopic (exact) mass is 430 g/mol. The van der Waals surface area contributed by atoms with Crippen molar-refractivity contribution >= 4 is 36.4 Å². The third kappa shape index (κ3) is 5.66. The third-order valence-electron chi connectivity index (χ3n) is 5.45. The maximum Gasteiger partial charge on any atom is -0.0226 e. The maximum absolute atomic E-state index is 2.43. The minimum absolute atomic E-state index is 0.777. The van der Waals surface area contributed by atoms with E-state index in [0.717, 1.165) is 8.58 Å². The Morgan fingerprint density at radius 1 is 0.500 bits per heavy atom. The van der Waals surface area contributed by atoms with Gasteiger partial charge >= 0.3 is 104 Å². The molecule has 0 spiro atoms. The van der Waals surface area contributed by atoms with Gasteiger partial charge in [0.15, 0.2) is 0 Å². The second-order valence-electron chi connectivity index (χ2n) is 8.77. The molecular weight excluding hydrogens is 398 g/mol. The van der Waals surface area contributed by atoms with Crippen LogP contribution in [0, 0.1) is 6.92 Å². The van der Waals surface area contributed by atoms with Gasteiger partial charge < -0.3 is 0 Å². The Balaban J connectivity index is 0.000000177. The molecule has 0 amide bonds. The van der Waals surface area contributed by atoms with Gasteiger partial charge in [0.25, 0.3) is 0 Å². The molecule has 0 heterocycles. The molecule has 0 bridgehead atoms. The van der Waals surface area contributed by atoms with Gasteiger partial charge in [0.1, 0.15) is 0 Å². The molecule has 4 aromatic carbocycles. The average molecular weight is 431 g/mol. The van der Waals surface area contributed by atoms with Gasteiger partial charge in [-0.3, -0.25) is 0 Å². The van der Waals surface area contributed by atoms with Crippen LogP contribution in [-0.4, -0.2) is 20.0 Å². The summed E-state index contributed by atoms with van der Waals surface area (Å²) in [6.07, 6.45) is 0. The first-order valence-electron chi connectivity index (χ1n) is 10.3. The molecule has 4 rings (SSSR count). The minimum Gasteiger partial charge on any atom is -0.0622 e. The molecule has 4 aromatic rings. The Labute approximate surface area is 184 Å². The topological polar surface area (TPSA) is 0 Å². The van der Waals surface area contributed by atoms with Crippen molar-refractivity contribution in [2.24, 2.45) is 0 Å². The maximum atomic E-state index is 2.43. The molecule has 0 N–H and O–H groups in total. The van der Waals surface area contributed by atoms with E-state index in [1.807, 2.05) is 0 Å². The molecule has 0 saturated heterocycles. The van der Waals surface area contributed by atoms with E-state index in [0.29, 0.717) is 0 Å². The van der Waals surface area contributed by atoms with Crippen LogP contribution in [-0.2, 0) is 0 Å². The fraction of sp³-hybridized carbons (Fsp3) is 0.143. The summed E-state index contributed by atoms with van der Waals surface area (Å²) in [5.74, 6) is 0. The van der Waals surface area contributed by atoms with E-state index in [1.165, 1.54) is 26.8 Å². The summed E-state index contributed by atoms with van der Waals surface area (Å²) in [6.45, 7) is 7.54. The fourth-order valence-corrected chi connectivity index (χ4v) is 8.20. The van der Waals surface area contributed by atoms with Crippen LogP contribution in [0.25, 0.3) is 0 Å². The molecule has 154 valence electrons. The summed E-state index contributed by atoms with van der Waals surface area (Å²) in [4.78, 5) is 0. The van der Waals surface area contributed by atoms with E-state index >= 15 is 0 Å². The zero-order chi connectivity index (χ0) is 21.5. The standard InChI is InChI=1S/C16H21P.C12H11P/c1-14-10-8-9-13-16(14)17(2,3,4)15-11-6-5-7-12-15;1-3-7-11(8-4-1)13-12-9-5-2-6-10-12/h5-13H,1-4H3;1-10,13H. The van der Waals surface area contributed by atoms with Crippen molar-refractivity contribution in [3.05, 3.63) is 121 Å². The molecule has 0 fully saturated rings. The smallest absolute Gasteiger partial charge is 0.0226 e. The number of benzene rings is 4. The molecule has 0 aromatic heterocycles. The van der Waals surface area contributed by atoms with E-state index in [-0.39, 0.29) is 0 Å². The zero-order valence-corrected chi connectivity index (χ0v) is 20.3. The van der Waals surface area contributed by atoms with Gasteiger partial charge in [-0.2, -0.15) is 0 Å². The molecule has 0 atom stereocenters. The first-order chi connectivity index (χ1) is 14.4. The molecule has 0 unspecified atom stereocenters. The van der Waals surface area contributed by atoms with Gasteiger partial charge in [-0.15, -0.1) is 0 Å². The molecule has 0 aliphatic carbocycles. The minimum atomic E-state index is -1.98. The largest absolute Gasteiger partial charge is 0.0622 e. The number of aryl methyl sites for hydroxylation is 1. The number of hydrogen-bond acceptors (Lipinski definition) is 0. The molecule has 0 radical (unpaired) electrons. The molecule has 0 nitrogen and oxygen atoms in total. The summed E-state index contributed by atoms with van der Waals surface area (Å²) < 4.78 is 0. The van der Waals surface area contributed by atoms with E-state index < -0.39 is 6.60 Å². The Morgan fingerprint density at radius 2 is 0.900 bits per heavy atom. The number of hydrogen-bond donors (Lipinski definition) is 0. The molecule has 30 heavy (non-hydrogen) atoms. The predicted molar refractivity (Wildman–Crippen MR) is 142 cm³/mol. The van der Waals surface area contributed by atoms with Gasteiger partial charge in [0.05, 0.1) is 0 Å². The summed E-state index contributed by atoms with van der Waals surface area (Å²) in [6, 6.07) is 40.9. The Morgan fingerprint density at radius 3 is 1.37 bits per heavy atom. The van der Waals surface area contributed by atoms with Crippen LogP contribution in [0.15, 0.2) is 115 Å². The third-order valence-corrected chi connectivity index (χ3v) is 11.0. The quantitative estimate of drug-likeness (QED) is 0.364. The SMILES string of the molecule is Cc1ccccc1P(C)(C)(C)c1ccccc1.c1ccc(Pc2ccccc2)cc1. The van der Waals surface area contributed by atoms with Crippen LogP contribution in [0.2, 0.25) is 0 Å². The van der Waals surface area contributed by atoms with E-state index in [1.54, 1.807) is 0 Å². The molecule has 0 saturated carbocycles. The first-order valence-corrected chi connectivity index (χ1v) is 14.9. The Kier molecular flexibility index (Phi) is 7.25. The van der Waals surface area contributed by atoms with Crippen molar-refractivity contribution in [1.29, 1.82) is 0 Å². The van der Waals surface area contributed by atoms with E-state index in [9.17, 15) is 0 Å².